The number of ether oxygens (including phenoxy) is 1. The second kappa shape index (κ2) is 9.70. The Morgan fingerprint density at radius 1 is 1.04 bits per heavy atom. The number of nitrogens with one attached hydrogen (secondary N) is 2. The average Bonchev–Trinajstić information content (AvgIpc) is 2.89. The van der Waals surface area contributed by atoms with Crippen LogP contribution in [0.2, 0.25) is 0 Å². The lowest BCUT2D eigenvalue weighted by Crippen LogP contribution is -2.36. The quantitative estimate of drug-likeness (QED) is 0.503. The summed E-state index contributed by atoms with van der Waals surface area (Å²) < 4.78 is 4.95. The van der Waals surface area contributed by atoms with E-state index in [0.29, 0.717) is 24.2 Å². The Hall–Kier alpha value is -2.90. The molecule has 0 atom stereocenters. The highest BCUT2D eigenvalue weighted by Gasteiger charge is 2.34. The first-order valence-electron chi connectivity index (χ1n) is 9.02. The molecule has 27 heavy (non-hydrogen) atoms. The van der Waals surface area contributed by atoms with Gasteiger partial charge in [0.2, 0.25) is 5.91 Å². The number of carbonyl (C=O) groups excluding carboxylic acids is 4. The summed E-state index contributed by atoms with van der Waals surface area (Å²) in [5, 5.41) is 5.21. The lowest BCUT2D eigenvalue weighted by molar-refractivity contribution is -0.121. The molecule has 0 saturated heterocycles. The lowest BCUT2D eigenvalue weighted by Gasteiger charge is -2.13. The highest BCUT2D eigenvalue weighted by atomic mass is 16.5. The van der Waals surface area contributed by atoms with Crippen LogP contribution in [0.1, 0.15) is 47.4 Å². The van der Waals surface area contributed by atoms with Gasteiger partial charge >= 0.3 is 6.09 Å². The third kappa shape index (κ3) is 5.80. The SMILES string of the molecule is CC(C)COC(=O)NCCNC(=O)CCCN1C(=O)c2ccccc2C1=O. The monoisotopic (exact) mass is 375 g/mol. The number of amides is 4. The van der Waals surface area contributed by atoms with Gasteiger partial charge in [-0.15, -0.1) is 0 Å². The van der Waals surface area contributed by atoms with Crippen LogP contribution >= 0.6 is 0 Å². The molecule has 1 heterocycles. The van der Waals surface area contributed by atoms with Crippen molar-refractivity contribution >= 4 is 23.8 Å². The van der Waals surface area contributed by atoms with Gasteiger partial charge in [-0.05, 0) is 24.5 Å². The minimum atomic E-state index is -0.511. The summed E-state index contributed by atoms with van der Waals surface area (Å²) in [5.74, 6) is -0.582. The van der Waals surface area contributed by atoms with Crippen molar-refractivity contribution in [1.82, 2.24) is 15.5 Å². The number of hydrogen-bond acceptors (Lipinski definition) is 5. The number of carbonyl (C=O) groups is 4. The molecule has 4 amide bonds. The highest BCUT2D eigenvalue weighted by Crippen LogP contribution is 2.22. The topological polar surface area (TPSA) is 105 Å². The van der Waals surface area contributed by atoms with Crippen molar-refractivity contribution in [2.24, 2.45) is 5.92 Å². The van der Waals surface area contributed by atoms with Crippen molar-refractivity contribution in [2.45, 2.75) is 26.7 Å². The van der Waals surface area contributed by atoms with E-state index in [1.54, 1.807) is 24.3 Å². The van der Waals surface area contributed by atoms with Crippen molar-refractivity contribution in [3.8, 4) is 0 Å². The van der Waals surface area contributed by atoms with E-state index in [1.807, 2.05) is 13.8 Å². The van der Waals surface area contributed by atoms with Crippen LogP contribution in [0.25, 0.3) is 0 Å². The van der Waals surface area contributed by atoms with E-state index >= 15 is 0 Å². The predicted octanol–water partition coefficient (Wildman–Crippen LogP) is 1.56. The van der Waals surface area contributed by atoms with Crippen LogP contribution in [0, 0.1) is 5.92 Å². The molecule has 0 fully saturated rings. The molecule has 0 aromatic heterocycles. The van der Waals surface area contributed by atoms with Gasteiger partial charge in [-0.3, -0.25) is 19.3 Å². The summed E-state index contributed by atoms with van der Waals surface area (Å²) in [6.45, 7) is 4.96. The van der Waals surface area contributed by atoms with Crippen LogP contribution in [0.15, 0.2) is 24.3 Å². The maximum absolute atomic E-state index is 12.2. The molecule has 0 bridgehead atoms. The zero-order chi connectivity index (χ0) is 19.8. The lowest BCUT2D eigenvalue weighted by atomic mass is 10.1. The minimum Gasteiger partial charge on any atom is -0.449 e. The van der Waals surface area contributed by atoms with Gasteiger partial charge in [-0.2, -0.15) is 0 Å². The van der Waals surface area contributed by atoms with Crippen molar-refractivity contribution in [3.63, 3.8) is 0 Å². The first-order valence-corrected chi connectivity index (χ1v) is 9.02. The van der Waals surface area contributed by atoms with E-state index in [1.165, 1.54) is 4.90 Å². The van der Waals surface area contributed by atoms with Gasteiger partial charge in [-0.25, -0.2) is 4.79 Å². The molecule has 2 N–H and O–H groups in total. The predicted molar refractivity (Wildman–Crippen MR) is 98.2 cm³/mol. The van der Waals surface area contributed by atoms with Gasteiger partial charge in [-0.1, -0.05) is 26.0 Å². The third-order valence-corrected chi connectivity index (χ3v) is 3.93. The van der Waals surface area contributed by atoms with Crippen LogP contribution in [0.5, 0.6) is 0 Å². The van der Waals surface area contributed by atoms with Gasteiger partial charge in [0.05, 0.1) is 17.7 Å². The van der Waals surface area contributed by atoms with Crippen molar-refractivity contribution in [2.75, 3.05) is 26.2 Å². The molecular formula is C19H25N3O5. The number of rotatable bonds is 9. The van der Waals surface area contributed by atoms with Gasteiger partial charge in [0.15, 0.2) is 0 Å². The molecule has 0 spiro atoms. The molecule has 1 aromatic carbocycles. The molecule has 2 rings (SSSR count). The van der Waals surface area contributed by atoms with E-state index in [-0.39, 0.29) is 49.7 Å². The van der Waals surface area contributed by atoms with Crippen molar-refractivity contribution in [1.29, 1.82) is 0 Å². The molecule has 8 heteroatoms. The Kier molecular flexibility index (Phi) is 7.34. The van der Waals surface area contributed by atoms with Crippen LogP contribution in [-0.2, 0) is 9.53 Å². The fourth-order valence-corrected chi connectivity index (χ4v) is 2.59. The smallest absolute Gasteiger partial charge is 0.407 e. The maximum Gasteiger partial charge on any atom is 0.407 e. The Labute approximate surface area is 158 Å². The van der Waals surface area contributed by atoms with Crippen molar-refractivity contribution < 1.29 is 23.9 Å². The number of hydrogen-bond donors (Lipinski definition) is 2. The van der Waals surface area contributed by atoms with E-state index in [4.69, 9.17) is 4.74 Å². The van der Waals surface area contributed by atoms with Crippen molar-refractivity contribution in [3.05, 3.63) is 35.4 Å². The highest BCUT2D eigenvalue weighted by molar-refractivity contribution is 6.21. The molecule has 1 aliphatic heterocycles. The van der Waals surface area contributed by atoms with E-state index < -0.39 is 6.09 Å². The molecule has 8 nitrogen and oxygen atoms in total. The largest absolute Gasteiger partial charge is 0.449 e. The standard InChI is InChI=1S/C19H25N3O5/c1-13(2)12-27-19(26)21-10-9-20-16(23)8-5-11-22-17(24)14-6-3-4-7-15(14)18(22)25/h3-4,6-7,13H,5,8-12H2,1-2H3,(H,20,23)(H,21,26). The van der Waals surface area contributed by atoms with E-state index in [0.717, 1.165) is 0 Å². The summed E-state index contributed by atoms with van der Waals surface area (Å²) in [4.78, 5) is 48.7. The van der Waals surface area contributed by atoms with Crippen LogP contribution in [0.3, 0.4) is 0 Å². The Balaban J connectivity index is 1.61. The molecular weight excluding hydrogens is 350 g/mol. The van der Waals surface area contributed by atoms with Crippen LogP contribution in [-0.4, -0.2) is 55.0 Å². The number of alkyl carbamates (subject to hydrolysis) is 1. The summed E-state index contributed by atoms with van der Waals surface area (Å²) in [7, 11) is 0. The number of nitrogens with zero attached hydrogens (tertiary/aromatic N) is 1. The van der Waals surface area contributed by atoms with Gasteiger partial charge in [0, 0.05) is 26.1 Å². The third-order valence-electron chi connectivity index (χ3n) is 3.93. The summed E-state index contributed by atoms with van der Waals surface area (Å²) in [6.07, 6.45) is 0.0513. The number of imide groups is 1. The summed E-state index contributed by atoms with van der Waals surface area (Å²) >= 11 is 0. The van der Waals surface area contributed by atoms with Crippen LogP contribution < -0.4 is 10.6 Å². The first-order chi connectivity index (χ1) is 12.9. The zero-order valence-corrected chi connectivity index (χ0v) is 15.6. The first kappa shape index (κ1) is 20.4. The minimum absolute atomic E-state index is 0.186. The zero-order valence-electron chi connectivity index (χ0n) is 15.6. The molecule has 1 aliphatic rings. The summed E-state index contributed by atoms with van der Waals surface area (Å²) in [5.41, 5.74) is 0.810. The molecule has 0 saturated carbocycles. The molecule has 0 unspecified atom stereocenters. The average molecular weight is 375 g/mol. The molecule has 0 aliphatic carbocycles. The van der Waals surface area contributed by atoms with E-state index in [9.17, 15) is 19.2 Å². The second-order valence-corrected chi connectivity index (χ2v) is 6.68. The molecule has 146 valence electrons. The van der Waals surface area contributed by atoms with Gasteiger partial charge in [0.1, 0.15) is 0 Å². The van der Waals surface area contributed by atoms with E-state index in [2.05, 4.69) is 10.6 Å². The molecule has 0 radical (unpaired) electrons. The second-order valence-electron chi connectivity index (χ2n) is 6.68. The summed E-state index contributed by atoms with van der Waals surface area (Å²) in [6, 6.07) is 6.68. The Morgan fingerprint density at radius 3 is 2.22 bits per heavy atom. The number of fused-ring (bicyclic) bond motifs is 1. The Morgan fingerprint density at radius 2 is 1.63 bits per heavy atom. The number of benzene rings is 1. The Bertz CT molecular complexity index is 682. The fourth-order valence-electron chi connectivity index (χ4n) is 2.59. The normalized spacial score (nSPS) is 12.9. The van der Waals surface area contributed by atoms with Crippen LogP contribution in [0.4, 0.5) is 4.79 Å². The molecule has 1 aromatic rings. The fraction of sp³-hybridized carbons (Fsp3) is 0.474. The van der Waals surface area contributed by atoms with Gasteiger partial charge < -0.3 is 15.4 Å². The van der Waals surface area contributed by atoms with Gasteiger partial charge in [0.25, 0.3) is 11.8 Å². The maximum atomic E-state index is 12.2.